The summed E-state index contributed by atoms with van der Waals surface area (Å²) in [5.74, 6) is -0.216. The number of nitrogens with zero attached hydrogens (tertiary/aromatic N) is 1. The van der Waals surface area contributed by atoms with Gasteiger partial charge in [-0.1, -0.05) is 23.2 Å². The number of alkyl halides is 3. The van der Waals surface area contributed by atoms with Crippen molar-refractivity contribution in [3.63, 3.8) is 0 Å². The van der Waals surface area contributed by atoms with Crippen LogP contribution < -0.4 is 15.4 Å². The van der Waals surface area contributed by atoms with Gasteiger partial charge in [0.1, 0.15) is 18.1 Å². The Morgan fingerprint density at radius 3 is 2.67 bits per heavy atom. The van der Waals surface area contributed by atoms with Gasteiger partial charge in [-0.15, -0.1) is 0 Å². The minimum absolute atomic E-state index is 0.0349. The number of carbonyl (C=O) groups excluding carboxylic acids is 1. The van der Waals surface area contributed by atoms with Crippen molar-refractivity contribution in [3.05, 3.63) is 51.2 Å². The van der Waals surface area contributed by atoms with Gasteiger partial charge in [0.2, 0.25) is 0 Å². The molecular weight excluding hydrogens is 482 g/mol. The van der Waals surface area contributed by atoms with Crippen LogP contribution in [0.1, 0.15) is 24.8 Å². The molecule has 0 bridgehead atoms. The molecule has 2 aliphatic heterocycles. The van der Waals surface area contributed by atoms with Gasteiger partial charge in [-0.2, -0.15) is 13.2 Å². The second-order valence-corrected chi connectivity index (χ2v) is 8.79. The number of halogens is 5. The first-order valence-corrected chi connectivity index (χ1v) is 11.4. The zero-order valence-electron chi connectivity index (χ0n) is 18.0. The van der Waals surface area contributed by atoms with Crippen LogP contribution in [0.2, 0.25) is 10.0 Å². The van der Waals surface area contributed by atoms with Crippen molar-refractivity contribution >= 4 is 29.1 Å². The molecule has 0 radical (unpaired) electrons. The van der Waals surface area contributed by atoms with Crippen LogP contribution in [0.25, 0.3) is 0 Å². The number of carbonyl (C=O) groups is 1. The Morgan fingerprint density at radius 2 is 2.00 bits per heavy atom. The first-order chi connectivity index (χ1) is 15.6. The summed E-state index contributed by atoms with van der Waals surface area (Å²) in [6.45, 7) is 4.38. The molecule has 3 rings (SSSR count). The minimum atomic E-state index is -4.73. The highest BCUT2D eigenvalue weighted by atomic mass is 35.5. The molecule has 2 heterocycles. The molecular formula is C22H26Cl2F3N3O3. The predicted molar refractivity (Wildman–Crippen MR) is 120 cm³/mol. The van der Waals surface area contributed by atoms with E-state index in [0.29, 0.717) is 34.8 Å². The Hall–Kier alpha value is -1.94. The molecule has 0 aromatic heterocycles. The molecule has 33 heavy (non-hydrogen) atoms. The summed E-state index contributed by atoms with van der Waals surface area (Å²) in [7, 11) is 0. The van der Waals surface area contributed by atoms with Gasteiger partial charge in [0, 0.05) is 30.9 Å². The number of rotatable bonds is 7. The fourth-order valence-corrected chi connectivity index (χ4v) is 4.15. The fourth-order valence-electron chi connectivity index (χ4n) is 3.74. The molecule has 1 atom stereocenters. The number of piperidine rings is 1. The first kappa shape index (κ1) is 25.7. The van der Waals surface area contributed by atoms with E-state index in [9.17, 15) is 23.1 Å². The summed E-state index contributed by atoms with van der Waals surface area (Å²) < 4.78 is 45.4. The zero-order valence-corrected chi connectivity index (χ0v) is 19.5. The van der Waals surface area contributed by atoms with Crippen molar-refractivity contribution in [3.8, 4) is 5.75 Å². The maximum Gasteiger partial charge on any atom is 0.417 e. The van der Waals surface area contributed by atoms with E-state index in [1.54, 1.807) is 12.1 Å². The van der Waals surface area contributed by atoms with Gasteiger partial charge in [0.05, 0.1) is 16.2 Å². The molecule has 182 valence electrons. The summed E-state index contributed by atoms with van der Waals surface area (Å²) in [4.78, 5) is 14.4. The average Bonchev–Trinajstić information content (AvgIpc) is 2.77. The van der Waals surface area contributed by atoms with Crippen LogP contribution in [0.4, 0.5) is 13.2 Å². The topological polar surface area (TPSA) is 73.8 Å². The number of aliphatic hydroxyl groups is 1. The van der Waals surface area contributed by atoms with Gasteiger partial charge in [-0.25, -0.2) is 0 Å². The molecule has 6 nitrogen and oxygen atoms in total. The molecule has 0 saturated carbocycles. The van der Waals surface area contributed by atoms with E-state index in [0.717, 1.165) is 37.7 Å². The fraction of sp³-hybridized carbons (Fsp3) is 0.500. The van der Waals surface area contributed by atoms with E-state index in [-0.39, 0.29) is 12.6 Å². The number of amides is 1. The lowest BCUT2D eigenvalue weighted by molar-refractivity contribution is -0.120. The molecule has 0 spiro atoms. The Balaban J connectivity index is 1.39. The molecule has 0 aliphatic carbocycles. The molecule has 3 N–H and O–H groups in total. The normalized spacial score (nSPS) is 20.0. The van der Waals surface area contributed by atoms with Crippen LogP contribution in [0, 0.1) is 6.92 Å². The van der Waals surface area contributed by atoms with Crippen LogP contribution in [-0.2, 0) is 4.79 Å². The highest BCUT2D eigenvalue weighted by molar-refractivity contribution is 6.36. The van der Waals surface area contributed by atoms with Gasteiger partial charge >= 0.3 is 6.18 Å². The van der Waals surface area contributed by atoms with Crippen LogP contribution in [0.3, 0.4) is 0 Å². The van der Waals surface area contributed by atoms with Crippen molar-refractivity contribution < 1.29 is 27.8 Å². The number of nitrogens with one attached hydrogen (secondary N) is 2. The molecule has 1 unspecified atom stereocenters. The zero-order chi connectivity index (χ0) is 24.2. The number of dihydropyridines is 1. The average molecular weight is 508 g/mol. The third-order valence-electron chi connectivity index (χ3n) is 5.61. The smallest absolute Gasteiger partial charge is 0.417 e. The highest BCUT2D eigenvalue weighted by Crippen LogP contribution is 2.34. The molecule has 1 fully saturated rings. The SMILES string of the molecule is Cc1c(Cl)ccc(OC2CCN(CCCNC(=O)C3=CNC(O)C=C3C(F)(F)F)CC2)c1Cl. The number of likely N-dealkylation sites (tertiary alicyclic amines) is 1. The lowest BCUT2D eigenvalue weighted by atomic mass is 10.0. The Kier molecular flexibility index (Phi) is 8.55. The van der Waals surface area contributed by atoms with Crippen molar-refractivity contribution in [1.82, 2.24) is 15.5 Å². The number of hydrogen-bond acceptors (Lipinski definition) is 5. The van der Waals surface area contributed by atoms with E-state index in [1.165, 1.54) is 0 Å². The standard InChI is InChI=1S/C22H26Cl2F3N3O3/c1-13-17(23)3-4-18(20(13)24)33-14-5-9-30(10-6-14)8-2-7-28-21(32)15-12-29-19(31)11-16(15)22(25,26)27/h3-4,11-12,14,19,29,31H,2,5-10H2,1H3,(H,28,32). The number of benzene rings is 1. The van der Waals surface area contributed by atoms with Gasteiger partial charge in [-0.3, -0.25) is 4.79 Å². The van der Waals surface area contributed by atoms with E-state index >= 15 is 0 Å². The van der Waals surface area contributed by atoms with Gasteiger partial charge in [-0.05, 0) is 56.5 Å². The molecule has 1 aromatic rings. The maximum absolute atomic E-state index is 13.1. The third-order valence-corrected chi connectivity index (χ3v) is 6.49. The van der Waals surface area contributed by atoms with E-state index in [1.807, 2.05) is 6.92 Å². The van der Waals surface area contributed by atoms with Crippen LogP contribution >= 0.6 is 23.2 Å². The van der Waals surface area contributed by atoms with Crippen LogP contribution in [0.5, 0.6) is 5.75 Å². The summed E-state index contributed by atoms with van der Waals surface area (Å²) in [6, 6.07) is 3.53. The monoisotopic (exact) mass is 507 g/mol. The number of ether oxygens (including phenoxy) is 1. The molecule has 1 saturated heterocycles. The van der Waals surface area contributed by atoms with Crippen LogP contribution in [-0.4, -0.2) is 60.6 Å². The quantitative estimate of drug-likeness (QED) is 0.487. The summed E-state index contributed by atoms with van der Waals surface area (Å²) in [5, 5.41) is 15.3. The highest BCUT2D eigenvalue weighted by Gasteiger charge is 2.40. The summed E-state index contributed by atoms with van der Waals surface area (Å²) >= 11 is 12.4. The largest absolute Gasteiger partial charge is 0.489 e. The van der Waals surface area contributed by atoms with Gasteiger partial charge in [0.25, 0.3) is 5.91 Å². The summed E-state index contributed by atoms with van der Waals surface area (Å²) in [5.41, 5.74) is -0.907. The third kappa shape index (κ3) is 6.79. The minimum Gasteiger partial charge on any atom is -0.489 e. The summed E-state index contributed by atoms with van der Waals surface area (Å²) in [6.07, 6.45) is -2.49. The first-order valence-electron chi connectivity index (χ1n) is 10.6. The van der Waals surface area contributed by atoms with E-state index < -0.39 is 29.5 Å². The van der Waals surface area contributed by atoms with Crippen molar-refractivity contribution in [2.24, 2.45) is 0 Å². The van der Waals surface area contributed by atoms with Crippen LogP contribution in [0.15, 0.2) is 35.6 Å². The molecule has 2 aliphatic rings. The molecule has 11 heteroatoms. The van der Waals surface area contributed by atoms with E-state index in [4.69, 9.17) is 27.9 Å². The Morgan fingerprint density at radius 1 is 1.30 bits per heavy atom. The number of aliphatic hydroxyl groups excluding tert-OH is 1. The maximum atomic E-state index is 13.1. The molecule has 1 aromatic carbocycles. The Labute approximate surface area is 200 Å². The van der Waals surface area contributed by atoms with E-state index in [2.05, 4.69) is 15.5 Å². The Bertz CT molecular complexity index is 929. The van der Waals surface area contributed by atoms with Crippen molar-refractivity contribution in [2.45, 2.75) is 44.7 Å². The van der Waals surface area contributed by atoms with Gasteiger partial charge in [0.15, 0.2) is 0 Å². The molecule has 1 amide bonds. The second kappa shape index (κ2) is 11.0. The van der Waals surface area contributed by atoms with Gasteiger partial charge < -0.3 is 25.4 Å². The number of hydrogen-bond donors (Lipinski definition) is 3. The van der Waals surface area contributed by atoms with Crippen molar-refractivity contribution in [2.75, 3.05) is 26.2 Å². The second-order valence-electron chi connectivity index (χ2n) is 8.00. The lowest BCUT2D eigenvalue weighted by Crippen LogP contribution is -2.40. The lowest BCUT2D eigenvalue weighted by Gasteiger charge is -2.32. The van der Waals surface area contributed by atoms with Crippen molar-refractivity contribution in [1.29, 1.82) is 0 Å². The predicted octanol–water partition coefficient (Wildman–Crippen LogP) is 3.95.